The van der Waals surface area contributed by atoms with Crippen molar-refractivity contribution in [2.45, 2.75) is 47.1 Å². The molecule has 3 heterocycles. The minimum atomic E-state index is -0.900. The molecule has 1 unspecified atom stereocenters. The number of aromatic nitrogens is 3. The number of benzene rings is 3. The number of carbonyl (C=O) groups is 2. The molecule has 0 saturated heterocycles. The van der Waals surface area contributed by atoms with Gasteiger partial charge in [0, 0.05) is 24.2 Å². The Balaban J connectivity index is 1.51. The third-order valence-corrected chi connectivity index (χ3v) is 9.62. The predicted molar refractivity (Wildman–Crippen MR) is 199 cm³/mol. The van der Waals surface area contributed by atoms with Gasteiger partial charge in [-0.1, -0.05) is 49.4 Å². The first kappa shape index (κ1) is 36.1. The number of fused-ring (bicyclic) bond motifs is 1. The molecule has 6 rings (SSSR count). The lowest BCUT2D eigenvalue weighted by Crippen LogP contribution is -2.39. The first-order valence-corrected chi connectivity index (χ1v) is 17.7. The number of ether oxygens (including phenoxy) is 4. The second kappa shape index (κ2) is 15.2. The van der Waals surface area contributed by atoms with Crippen molar-refractivity contribution in [1.82, 2.24) is 14.3 Å². The Morgan fingerprint density at radius 3 is 2.40 bits per heavy atom. The first-order valence-electron chi connectivity index (χ1n) is 16.8. The highest BCUT2D eigenvalue weighted by atomic mass is 32.1. The van der Waals surface area contributed by atoms with E-state index in [-0.39, 0.29) is 22.6 Å². The Bertz CT molecular complexity index is 2370. The maximum atomic E-state index is 14.5. The normalized spacial score (nSPS) is 14.2. The molecule has 11 nitrogen and oxygen atoms in total. The molecule has 1 aliphatic heterocycles. The highest BCUT2D eigenvalue weighted by Crippen LogP contribution is 2.36. The molecule has 5 aromatic rings. The van der Waals surface area contributed by atoms with E-state index < -0.39 is 18.0 Å². The molecule has 1 aliphatic rings. The molecular formula is C40H40N4O7S. The van der Waals surface area contributed by atoms with Gasteiger partial charge in [-0.05, 0) is 85.9 Å². The fourth-order valence-electron chi connectivity index (χ4n) is 6.04. The molecule has 0 N–H and O–H groups in total. The van der Waals surface area contributed by atoms with E-state index in [1.54, 1.807) is 29.8 Å². The molecule has 0 saturated carbocycles. The number of rotatable bonds is 11. The van der Waals surface area contributed by atoms with Crippen LogP contribution >= 0.6 is 11.3 Å². The van der Waals surface area contributed by atoms with Crippen molar-refractivity contribution in [3.8, 4) is 34.2 Å². The van der Waals surface area contributed by atoms with Crippen LogP contribution < -0.4 is 29.1 Å². The Hall–Kier alpha value is -5.75. The van der Waals surface area contributed by atoms with Gasteiger partial charge in [0.2, 0.25) is 0 Å². The number of nitrogens with zero attached hydrogens (tertiary/aromatic N) is 4. The summed E-state index contributed by atoms with van der Waals surface area (Å²) in [5, 5.41) is 4.98. The number of aryl methyl sites for hydroxylation is 1. The number of hydrogen-bond acceptors (Lipinski definition) is 10. The van der Waals surface area contributed by atoms with E-state index in [0.29, 0.717) is 38.8 Å². The number of esters is 2. The second-order valence-electron chi connectivity index (χ2n) is 12.8. The van der Waals surface area contributed by atoms with Gasteiger partial charge in [-0.15, -0.1) is 0 Å². The molecule has 0 spiro atoms. The van der Waals surface area contributed by atoms with E-state index in [4.69, 9.17) is 24.0 Å². The van der Waals surface area contributed by atoms with Crippen LogP contribution in [-0.2, 0) is 14.3 Å². The van der Waals surface area contributed by atoms with Crippen molar-refractivity contribution >= 4 is 29.4 Å². The minimum Gasteiger partial charge on any atom is -0.493 e. The van der Waals surface area contributed by atoms with Crippen LogP contribution in [0.2, 0.25) is 0 Å². The molecule has 52 heavy (non-hydrogen) atoms. The molecule has 1 atom stereocenters. The van der Waals surface area contributed by atoms with Crippen LogP contribution in [-0.4, -0.2) is 47.1 Å². The fraction of sp³-hybridized carbons (Fsp3) is 0.275. The van der Waals surface area contributed by atoms with Crippen molar-refractivity contribution in [3.63, 3.8) is 0 Å². The van der Waals surface area contributed by atoms with Crippen molar-refractivity contribution in [1.29, 1.82) is 0 Å². The van der Waals surface area contributed by atoms with Gasteiger partial charge in [0.05, 0.1) is 48.4 Å². The summed E-state index contributed by atoms with van der Waals surface area (Å²) in [4.78, 5) is 44.5. The van der Waals surface area contributed by atoms with Crippen LogP contribution in [0.15, 0.2) is 94.0 Å². The smallest absolute Gasteiger partial charge is 0.338 e. The lowest BCUT2D eigenvalue weighted by molar-refractivity contribution is -0.136. The van der Waals surface area contributed by atoms with Crippen LogP contribution in [0.5, 0.6) is 17.2 Å². The Labute approximate surface area is 305 Å². The summed E-state index contributed by atoms with van der Waals surface area (Å²) in [6.07, 6.45) is 4.66. The van der Waals surface area contributed by atoms with Gasteiger partial charge in [0.1, 0.15) is 11.4 Å². The minimum absolute atomic E-state index is 0.201. The van der Waals surface area contributed by atoms with Crippen LogP contribution in [0.3, 0.4) is 0 Å². The average molecular weight is 721 g/mol. The zero-order valence-electron chi connectivity index (χ0n) is 30.1. The quantitative estimate of drug-likeness (QED) is 0.122. The summed E-state index contributed by atoms with van der Waals surface area (Å²) < 4.78 is 25.7. The average Bonchev–Trinajstić information content (AvgIpc) is 3.68. The molecule has 0 bridgehead atoms. The molecule has 268 valence electrons. The van der Waals surface area contributed by atoms with Crippen LogP contribution in [0.25, 0.3) is 23.0 Å². The van der Waals surface area contributed by atoms with Gasteiger partial charge < -0.3 is 18.9 Å². The second-order valence-corrected chi connectivity index (χ2v) is 13.8. The summed E-state index contributed by atoms with van der Waals surface area (Å²) in [6, 6.07) is 19.7. The largest absolute Gasteiger partial charge is 0.493 e. The van der Waals surface area contributed by atoms with Gasteiger partial charge in [0.25, 0.3) is 5.56 Å². The highest BCUT2D eigenvalue weighted by Gasteiger charge is 2.34. The van der Waals surface area contributed by atoms with Crippen LogP contribution in [0.1, 0.15) is 56.8 Å². The van der Waals surface area contributed by atoms with Crippen molar-refractivity contribution < 1.29 is 28.5 Å². The summed E-state index contributed by atoms with van der Waals surface area (Å²) in [5.41, 5.74) is 4.90. The van der Waals surface area contributed by atoms with Crippen LogP contribution in [0.4, 0.5) is 0 Å². The molecule has 0 aliphatic carbocycles. The van der Waals surface area contributed by atoms with Gasteiger partial charge in [0.15, 0.2) is 16.3 Å². The number of hydrogen-bond donors (Lipinski definition) is 0. The maximum absolute atomic E-state index is 14.5. The van der Waals surface area contributed by atoms with E-state index in [1.807, 2.05) is 67.7 Å². The van der Waals surface area contributed by atoms with E-state index >= 15 is 0 Å². The fourth-order valence-corrected chi connectivity index (χ4v) is 7.07. The molecule has 3 aromatic carbocycles. The Morgan fingerprint density at radius 1 is 0.981 bits per heavy atom. The monoisotopic (exact) mass is 720 g/mol. The Kier molecular flexibility index (Phi) is 10.6. The topological polar surface area (TPSA) is 123 Å². The first-order chi connectivity index (χ1) is 25.0. The number of thiazole rings is 1. The number of methoxy groups -OCH3 is 2. The summed E-state index contributed by atoms with van der Waals surface area (Å²) >= 11 is 1.21. The zero-order valence-corrected chi connectivity index (χ0v) is 30.9. The predicted octanol–water partition coefficient (Wildman–Crippen LogP) is 5.93. The molecule has 2 aromatic heterocycles. The summed E-state index contributed by atoms with van der Waals surface area (Å²) in [5.74, 6) is 0.689. The molecule has 0 amide bonds. The lowest BCUT2D eigenvalue weighted by Gasteiger charge is -2.25. The Morgan fingerprint density at radius 2 is 1.73 bits per heavy atom. The lowest BCUT2D eigenvalue weighted by atomic mass is 9.95. The number of carbonyl (C=O) groups excluding carboxylic acids is 2. The van der Waals surface area contributed by atoms with Gasteiger partial charge in [-0.2, -0.15) is 5.10 Å². The standard InChI is InChI=1S/C40H40N4O7S/c1-23(2)17-18-50-31-15-13-27(19-24(31)3)36-29(22-43(42-36)30-11-9-8-10-12-30)21-34-38(46)44-37(35(39(47)49-7)25(4)41-40(44)52-34)28-14-16-32(51-26(5)45)33(20-28)48-6/h8-16,19-23,37H,17-18H2,1-7H3/b34-21-. The summed E-state index contributed by atoms with van der Waals surface area (Å²) in [7, 11) is 2.73. The van der Waals surface area contributed by atoms with Gasteiger partial charge in [-0.3, -0.25) is 14.2 Å². The van der Waals surface area contributed by atoms with Crippen LogP contribution in [0, 0.1) is 12.8 Å². The third-order valence-electron chi connectivity index (χ3n) is 8.64. The maximum Gasteiger partial charge on any atom is 0.338 e. The van der Waals surface area contributed by atoms with E-state index in [9.17, 15) is 14.4 Å². The van der Waals surface area contributed by atoms with Crippen molar-refractivity contribution in [2.24, 2.45) is 10.9 Å². The van der Waals surface area contributed by atoms with E-state index in [2.05, 4.69) is 18.8 Å². The number of allylic oxidation sites excluding steroid dienone is 1. The zero-order chi connectivity index (χ0) is 37.1. The molecule has 0 radical (unpaired) electrons. The van der Waals surface area contributed by atoms with E-state index in [0.717, 1.165) is 34.5 Å². The summed E-state index contributed by atoms with van der Waals surface area (Å²) in [6.45, 7) is 9.98. The molecule has 0 fully saturated rings. The third kappa shape index (κ3) is 7.33. The molecule has 12 heteroatoms. The number of para-hydroxylation sites is 1. The SMILES string of the molecule is COC(=O)C1=C(C)N=c2s/c(=C\c3cn(-c4ccccc4)nc3-c3ccc(OCCC(C)C)c(C)c3)c(=O)n2C1c1ccc(OC(C)=O)c(OC)c1. The van der Waals surface area contributed by atoms with E-state index in [1.165, 1.54) is 37.0 Å². The molecular weight excluding hydrogens is 681 g/mol. The van der Waals surface area contributed by atoms with Gasteiger partial charge in [-0.25, -0.2) is 14.5 Å². The van der Waals surface area contributed by atoms with Crippen molar-refractivity contribution in [3.05, 3.63) is 121 Å². The van der Waals surface area contributed by atoms with Gasteiger partial charge >= 0.3 is 11.9 Å². The van der Waals surface area contributed by atoms with Crippen molar-refractivity contribution in [2.75, 3.05) is 20.8 Å². The highest BCUT2D eigenvalue weighted by molar-refractivity contribution is 7.07.